The average Bonchev–Trinajstić information content (AvgIpc) is 2.47. The van der Waals surface area contributed by atoms with E-state index in [2.05, 4.69) is 4.98 Å². The van der Waals surface area contributed by atoms with Crippen LogP contribution >= 0.6 is 0 Å². The first-order valence-corrected chi connectivity index (χ1v) is 6.16. The fourth-order valence-electron chi connectivity index (χ4n) is 1.82. The van der Waals surface area contributed by atoms with E-state index < -0.39 is 29.9 Å². The maximum absolute atomic E-state index is 13.7. The Balaban J connectivity index is 2.31. The first kappa shape index (κ1) is 14.2. The summed E-state index contributed by atoms with van der Waals surface area (Å²) in [5.41, 5.74) is -0.678. The molecular formula is C13H17BFNO3. The van der Waals surface area contributed by atoms with Crippen LogP contribution in [-0.2, 0) is 9.31 Å². The molecule has 4 nitrogen and oxygen atoms in total. The van der Waals surface area contributed by atoms with Gasteiger partial charge in [-0.3, -0.25) is 9.78 Å². The van der Waals surface area contributed by atoms with Crippen LogP contribution in [-0.4, -0.2) is 29.1 Å². The van der Waals surface area contributed by atoms with E-state index in [1.165, 1.54) is 19.2 Å². The van der Waals surface area contributed by atoms with Crippen molar-refractivity contribution in [2.24, 2.45) is 0 Å². The zero-order chi connectivity index (χ0) is 14.4. The van der Waals surface area contributed by atoms with Gasteiger partial charge in [0.1, 0.15) is 5.69 Å². The van der Waals surface area contributed by atoms with E-state index in [-0.39, 0.29) is 5.69 Å². The van der Waals surface area contributed by atoms with Crippen molar-refractivity contribution in [2.45, 2.75) is 45.8 Å². The third-order valence-corrected chi connectivity index (χ3v) is 3.72. The van der Waals surface area contributed by atoms with Crippen molar-refractivity contribution in [2.75, 3.05) is 0 Å². The van der Waals surface area contributed by atoms with Crippen molar-refractivity contribution < 1.29 is 18.5 Å². The van der Waals surface area contributed by atoms with Gasteiger partial charge in [-0.15, -0.1) is 0 Å². The zero-order valence-electron chi connectivity index (χ0n) is 11.8. The Morgan fingerprint density at radius 1 is 1.26 bits per heavy atom. The van der Waals surface area contributed by atoms with E-state index in [0.29, 0.717) is 5.46 Å². The minimum Gasteiger partial charge on any atom is -0.399 e. The summed E-state index contributed by atoms with van der Waals surface area (Å²) in [4.78, 5) is 15.0. The van der Waals surface area contributed by atoms with E-state index in [4.69, 9.17) is 9.31 Å². The van der Waals surface area contributed by atoms with Gasteiger partial charge >= 0.3 is 7.12 Å². The monoisotopic (exact) mass is 265 g/mol. The van der Waals surface area contributed by atoms with Gasteiger partial charge < -0.3 is 9.31 Å². The number of hydrogen-bond acceptors (Lipinski definition) is 4. The molecule has 0 aliphatic carbocycles. The van der Waals surface area contributed by atoms with Crippen LogP contribution in [0.15, 0.2) is 12.3 Å². The normalized spacial score (nSPS) is 20.6. The second kappa shape index (κ2) is 4.39. The summed E-state index contributed by atoms with van der Waals surface area (Å²) in [6, 6.07) is 1.24. The molecule has 0 N–H and O–H groups in total. The number of pyridine rings is 1. The van der Waals surface area contributed by atoms with Gasteiger partial charge in [-0.1, -0.05) is 0 Å². The van der Waals surface area contributed by atoms with Crippen molar-refractivity contribution >= 4 is 18.4 Å². The molecule has 0 saturated carbocycles. The van der Waals surface area contributed by atoms with Gasteiger partial charge in [0.2, 0.25) is 0 Å². The minimum atomic E-state index is -0.673. The lowest BCUT2D eigenvalue weighted by atomic mass is 9.80. The molecule has 2 rings (SSSR count). The predicted molar refractivity (Wildman–Crippen MR) is 69.9 cm³/mol. The molecule has 0 atom stereocenters. The van der Waals surface area contributed by atoms with Gasteiger partial charge in [0, 0.05) is 18.6 Å². The van der Waals surface area contributed by atoms with E-state index in [0.717, 1.165) is 0 Å². The molecule has 1 aromatic rings. The molecule has 0 unspecified atom stereocenters. The van der Waals surface area contributed by atoms with Crippen molar-refractivity contribution in [1.82, 2.24) is 4.98 Å². The molecule has 1 aliphatic rings. The number of rotatable bonds is 2. The molecule has 2 heterocycles. The number of ketones is 1. The minimum absolute atomic E-state index is 0.166. The maximum Gasteiger partial charge on any atom is 0.496 e. The number of halogens is 1. The van der Waals surface area contributed by atoms with Crippen LogP contribution in [0.3, 0.4) is 0 Å². The van der Waals surface area contributed by atoms with Gasteiger partial charge in [-0.25, -0.2) is 4.39 Å². The number of aromatic nitrogens is 1. The smallest absolute Gasteiger partial charge is 0.399 e. The van der Waals surface area contributed by atoms with Crippen LogP contribution in [0.5, 0.6) is 0 Å². The molecule has 0 amide bonds. The van der Waals surface area contributed by atoms with Gasteiger partial charge in [0.15, 0.2) is 11.6 Å². The summed E-state index contributed by atoms with van der Waals surface area (Å²) < 4.78 is 25.3. The Bertz CT molecular complexity index is 515. The molecule has 0 bridgehead atoms. The lowest BCUT2D eigenvalue weighted by molar-refractivity contribution is 0.00578. The van der Waals surface area contributed by atoms with Gasteiger partial charge in [-0.05, 0) is 33.8 Å². The highest BCUT2D eigenvalue weighted by Crippen LogP contribution is 2.36. The van der Waals surface area contributed by atoms with Crippen molar-refractivity contribution in [3.05, 3.63) is 23.8 Å². The zero-order valence-corrected chi connectivity index (χ0v) is 11.8. The highest BCUT2D eigenvalue weighted by Gasteiger charge is 2.51. The molecule has 1 aliphatic heterocycles. The molecule has 102 valence electrons. The van der Waals surface area contributed by atoms with Gasteiger partial charge in [0.05, 0.1) is 11.2 Å². The van der Waals surface area contributed by atoms with Crippen molar-refractivity contribution in [1.29, 1.82) is 0 Å². The Morgan fingerprint density at radius 3 is 2.21 bits per heavy atom. The largest absolute Gasteiger partial charge is 0.496 e. The second-order valence-electron chi connectivity index (χ2n) is 5.74. The molecule has 1 aromatic heterocycles. The topological polar surface area (TPSA) is 48.4 Å². The summed E-state index contributed by atoms with van der Waals surface area (Å²) in [5, 5.41) is 0. The molecule has 0 aromatic carbocycles. The number of nitrogens with zero attached hydrogens (tertiary/aromatic N) is 1. The quantitative estimate of drug-likeness (QED) is 0.603. The Kier molecular flexibility index (Phi) is 3.27. The van der Waals surface area contributed by atoms with Crippen molar-refractivity contribution in [3.8, 4) is 0 Å². The van der Waals surface area contributed by atoms with E-state index in [9.17, 15) is 9.18 Å². The molecule has 1 fully saturated rings. The standard InChI is InChI=1S/C13H17BFNO3/c1-8(17)11-10(15)6-9(7-16-11)14-18-12(2,3)13(4,5)19-14/h6-7H,1-5H3. The maximum atomic E-state index is 13.7. The van der Waals surface area contributed by atoms with Crippen LogP contribution < -0.4 is 5.46 Å². The molecule has 0 radical (unpaired) electrons. The first-order valence-electron chi connectivity index (χ1n) is 6.16. The van der Waals surface area contributed by atoms with E-state index in [1.54, 1.807) is 0 Å². The number of hydrogen-bond donors (Lipinski definition) is 0. The summed E-state index contributed by atoms with van der Waals surface area (Å²) in [6.45, 7) is 8.95. The van der Waals surface area contributed by atoms with Gasteiger partial charge in [0.25, 0.3) is 0 Å². The number of Topliss-reactive ketones (excluding diaryl/α,β-unsaturated/α-hetero) is 1. The van der Waals surface area contributed by atoms with Crippen LogP contribution in [0.1, 0.15) is 45.1 Å². The summed E-state index contributed by atoms with van der Waals surface area (Å²) in [6.07, 6.45) is 1.42. The molecule has 0 spiro atoms. The molecule has 19 heavy (non-hydrogen) atoms. The van der Waals surface area contributed by atoms with E-state index >= 15 is 0 Å². The number of carbonyl (C=O) groups excluding carboxylic acids is 1. The summed E-state index contributed by atoms with van der Waals surface area (Å²) in [5.74, 6) is -1.06. The van der Waals surface area contributed by atoms with Crippen LogP contribution in [0.25, 0.3) is 0 Å². The second-order valence-corrected chi connectivity index (χ2v) is 5.74. The lowest BCUT2D eigenvalue weighted by Crippen LogP contribution is -2.41. The Hall–Kier alpha value is -1.27. The fourth-order valence-corrected chi connectivity index (χ4v) is 1.82. The third kappa shape index (κ3) is 2.42. The summed E-state index contributed by atoms with van der Waals surface area (Å²) >= 11 is 0. The summed E-state index contributed by atoms with van der Waals surface area (Å²) in [7, 11) is -0.673. The molecular weight excluding hydrogens is 248 g/mol. The van der Waals surface area contributed by atoms with Gasteiger partial charge in [-0.2, -0.15) is 0 Å². The number of carbonyl (C=O) groups is 1. The van der Waals surface area contributed by atoms with Crippen LogP contribution in [0.4, 0.5) is 4.39 Å². The Morgan fingerprint density at radius 2 is 1.79 bits per heavy atom. The van der Waals surface area contributed by atoms with Crippen LogP contribution in [0.2, 0.25) is 0 Å². The molecule has 6 heteroatoms. The highest BCUT2D eigenvalue weighted by molar-refractivity contribution is 6.62. The van der Waals surface area contributed by atoms with Crippen molar-refractivity contribution in [3.63, 3.8) is 0 Å². The predicted octanol–water partition coefficient (Wildman–Crippen LogP) is 1.72. The Labute approximate surface area is 112 Å². The van der Waals surface area contributed by atoms with Crippen LogP contribution in [0, 0.1) is 5.82 Å². The third-order valence-electron chi connectivity index (χ3n) is 3.72. The average molecular weight is 265 g/mol. The fraction of sp³-hybridized carbons (Fsp3) is 0.538. The first-order chi connectivity index (χ1) is 8.64. The molecule has 1 saturated heterocycles. The van der Waals surface area contributed by atoms with E-state index in [1.807, 2.05) is 27.7 Å². The highest BCUT2D eigenvalue weighted by atomic mass is 19.1. The lowest BCUT2D eigenvalue weighted by Gasteiger charge is -2.32. The SMILES string of the molecule is CC(=O)c1ncc(B2OC(C)(C)C(C)(C)O2)cc1F.